The SMILES string of the molecule is CS(=O)(=O)[C@@H]1C=CC(c2oc(-c3ccccc3)nc2CF)=CC1. The number of rotatable bonds is 4. The molecule has 120 valence electrons. The van der Waals surface area contributed by atoms with Gasteiger partial charge in [0.25, 0.3) is 0 Å². The molecule has 0 bridgehead atoms. The van der Waals surface area contributed by atoms with E-state index in [9.17, 15) is 12.8 Å². The summed E-state index contributed by atoms with van der Waals surface area (Å²) in [5, 5.41) is -0.545. The van der Waals surface area contributed by atoms with Crippen molar-refractivity contribution < 1.29 is 17.2 Å². The van der Waals surface area contributed by atoms with Crippen LogP contribution in [0.5, 0.6) is 0 Å². The van der Waals surface area contributed by atoms with Crippen molar-refractivity contribution >= 4 is 15.4 Å². The first-order valence-electron chi connectivity index (χ1n) is 7.17. The third-order valence-electron chi connectivity index (χ3n) is 3.72. The Balaban J connectivity index is 1.94. The number of hydrogen-bond acceptors (Lipinski definition) is 4. The van der Waals surface area contributed by atoms with Gasteiger partial charge in [-0.1, -0.05) is 36.4 Å². The van der Waals surface area contributed by atoms with Crippen LogP contribution in [0, 0.1) is 0 Å². The second-order valence-electron chi connectivity index (χ2n) is 5.42. The number of benzene rings is 1. The molecule has 1 atom stereocenters. The minimum absolute atomic E-state index is 0.220. The van der Waals surface area contributed by atoms with Crippen molar-refractivity contribution in [2.24, 2.45) is 0 Å². The second kappa shape index (κ2) is 6.12. The van der Waals surface area contributed by atoms with Crippen molar-refractivity contribution in [1.29, 1.82) is 0 Å². The highest BCUT2D eigenvalue weighted by molar-refractivity contribution is 7.91. The van der Waals surface area contributed by atoms with Crippen molar-refractivity contribution in [2.75, 3.05) is 6.26 Å². The van der Waals surface area contributed by atoms with Crippen molar-refractivity contribution in [3.63, 3.8) is 0 Å². The summed E-state index contributed by atoms with van der Waals surface area (Å²) >= 11 is 0. The summed E-state index contributed by atoms with van der Waals surface area (Å²) in [6.07, 6.45) is 6.56. The topological polar surface area (TPSA) is 60.2 Å². The third kappa shape index (κ3) is 3.27. The van der Waals surface area contributed by atoms with Crippen LogP contribution in [0.3, 0.4) is 0 Å². The number of aromatic nitrogens is 1. The van der Waals surface area contributed by atoms with Crippen LogP contribution < -0.4 is 0 Å². The van der Waals surface area contributed by atoms with Gasteiger partial charge in [-0.05, 0) is 18.6 Å². The summed E-state index contributed by atoms with van der Waals surface area (Å²) in [6, 6.07) is 9.25. The van der Waals surface area contributed by atoms with Crippen LogP contribution in [0.1, 0.15) is 17.9 Å². The van der Waals surface area contributed by atoms with Gasteiger partial charge in [0.05, 0.1) is 5.25 Å². The summed E-state index contributed by atoms with van der Waals surface area (Å²) < 4.78 is 42.1. The lowest BCUT2D eigenvalue weighted by molar-refractivity contribution is 0.470. The molecule has 3 rings (SSSR count). The Morgan fingerprint density at radius 1 is 1.30 bits per heavy atom. The lowest BCUT2D eigenvalue weighted by Crippen LogP contribution is -2.18. The fraction of sp³-hybridized carbons (Fsp3) is 0.235. The molecule has 1 aliphatic rings. The lowest BCUT2D eigenvalue weighted by Gasteiger charge is -2.13. The van der Waals surface area contributed by atoms with Gasteiger partial charge in [0.2, 0.25) is 5.89 Å². The summed E-state index contributed by atoms with van der Waals surface area (Å²) in [7, 11) is -3.14. The molecule has 0 amide bonds. The van der Waals surface area contributed by atoms with Gasteiger partial charge in [0.1, 0.15) is 12.4 Å². The molecule has 0 saturated heterocycles. The standard InChI is InChI=1S/C17H16FNO3S/c1-23(20,21)14-9-7-12(8-10-14)16-15(11-18)19-17(22-16)13-5-3-2-4-6-13/h2-9,14H,10-11H2,1H3/t14-/m1/s1. The minimum Gasteiger partial charge on any atom is -0.436 e. The zero-order valence-electron chi connectivity index (χ0n) is 12.6. The second-order valence-corrected chi connectivity index (χ2v) is 7.68. The van der Waals surface area contributed by atoms with Gasteiger partial charge >= 0.3 is 0 Å². The molecule has 1 aromatic carbocycles. The van der Waals surface area contributed by atoms with Crippen LogP contribution in [0.4, 0.5) is 4.39 Å². The molecule has 2 aromatic rings. The number of sulfone groups is 1. The molecule has 0 N–H and O–H groups in total. The molecular weight excluding hydrogens is 317 g/mol. The first-order chi connectivity index (χ1) is 11.0. The molecule has 1 aromatic heterocycles. The van der Waals surface area contributed by atoms with Crippen LogP contribution >= 0.6 is 0 Å². The molecular formula is C17H16FNO3S. The average Bonchev–Trinajstić information content (AvgIpc) is 2.99. The van der Waals surface area contributed by atoms with E-state index in [1.54, 1.807) is 18.2 Å². The monoisotopic (exact) mass is 333 g/mol. The van der Waals surface area contributed by atoms with Gasteiger partial charge in [-0.15, -0.1) is 0 Å². The van der Waals surface area contributed by atoms with Crippen molar-refractivity contribution in [3.8, 4) is 11.5 Å². The van der Waals surface area contributed by atoms with E-state index < -0.39 is 21.8 Å². The first-order valence-corrected chi connectivity index (χ1v) is 9.13. The summed E-state index contributed by atoms with van der Waals surface area (Å²) in [6.45, 7) is -0.744. The van der Waals surface area contributed by atoms with E-state index >= 15 is 0 Å². The molecule has 0 unspecified atom stereocenters. The van der Waals surface area contributed by atoms with E-state index in [4.69, 9.17) is 4.42 Å². The Kier molecular flexibility index (Phi) is 4.17. The zero-order chi connectivity index (χ0) is 16.4. The molecule has 4 nitrogen and oxygen atoms in total. The maximum absolute atomic E-state index is 13.3. The minimum atomic E-state index is -3.14. The third-order valence-corrected chi connectivity index (χ3v) is 5.17. The number of nitrogens with zero attached hydrogens (tertiary/aromatic N) is 1. The first kappa shape index (κ1) is 15.7. The van der Waals surface area contributed by atoms with Gasteiger partial charge < -0.3 is 4.42 Å². The highest BCUT2D eigenvalue weighted by Gasteiger charge is 2.23. The number of alkyl halides is 1. The van der Waals surface area contributed by atoms with E-state index in [-0.39, 0.29) is 5.69 Å². The van der Waals surface area contributed by atoms with Crippen LogP contribution in [-0.2, 0) is 16.5 Å². The van der Waals surface area contributed by atoms with E-state index in [1.807, 2.05) is 30.3 Å². The normalized spacial score (nSPS) is 18.0. The highest BCUT2D eigenvalue weighted by Crippen LogP contribution is 2.31. The van der Waals surface area contributed by atoms with E-state index in [2.05, 4.69) is 4.98 Å². The van der Waals surface area contributed by atoms with E-state index in [0.29, 0.717) is 23.6 Å². The lowest BCUT2D eigenvalue weighted by atomic mass is 10.0. The van der Waals surface area contributed by atoms with Crippen molar-refractivity contribution in [2.45, 2.75) is 18.3 Å². The van der Waals surface area contributed by atoms with Crippen molar-refractivity contribution in [3.05, 3.63) is 60.0 Å². The Bertz CT molecular complexity index is 866. The van der Waals surface area contributed by atoms with Gasteiger partial charge in [-0.3, -0.25) is 0 Å². The summed E-state index contributed by atoms with van der Waals surface area (Å²) in [5.41, 5.74) is 1.65. The zero-order valence-corrected chi connectivity index (χ0v) is 13.4. The number of allylic oxidation sites excluding steroid dienone is 3. The molecule has 0 spiro atoms. The van der Waals surface area contributed by atoms with E-state index in [1.165, 1.54) is 6.26 Å². The van der Waals surface area contributed by atoms with Gasteiger partial charge in [-0.2, -0.15) is 0 Å². The van der Waals surface area contributed by atoms with Crippen LogP contribution in [-0.4, -0.2) is 24.9 Å². The molecule has 6 heteroatoms. The van der Waals surface area contributed by atoms with Crippen LogP contribution in [0.25, 0.3) is 17.0 Å². The Morgan fingerprint density at radius 3 is 2.61 bits per heavy atom. The smallest absolute Gasteiger partial charge is 0.227 e. The Morgan fingerprint density at radius 2 is 2.04 bits per heavy atom. The largest absolute Gasteiger partial charge is 0.436 e. The maximum Gasteiger partial charge on any atom is 0.227 e. The Hall–Kier alpha value is -2.21. The molecule has 1 heterocycles. The van der Waals surface area contributed by atoms with Gasteiger partial charge in [-0.25, -0.2) is 17.8 Å². The summed E-state index contributed by atoms with van der Waals surface area (Å²) in [4.78, 5) is 4.21. The van der Waals surface area contributed by atoms with Gasteiger partial charge in [0.15, 0.2) is 15.6 Å². The quantitative estimate of drug-likeness (QED) is 0.858. The fourth-order valence-electron chi connectivity index (χ4n) is 2.46. The molecule has 0 radical (unpaired) electrons. The maximum atomic E-state index is 13.3. The molecule has 0 aliphatic heterocycles. The van der Waals surface area contributed by atoms with Gasteiger partial charge in [0, 0.05) is 17.4 Å². The predicted molar refractivity (Wildman–Crippen MR) is 87.1 cm³/mol. The fourth-order valence-corrected chi connectivity index (χ4v) is 3.27. The van der Waals surface area contributed by atoms with Crippen molar-refractivity contribution in [1.82, 2.24) is 4.98 Å². The number of hydrogen-bond donors (Lipinski definition) is 0. The van der Waals surface area contributed by atoms with Crippen LogP contribution in [0.2, 0.25) is 0 Å². The molecule has 0 saturated carbocycles. The molecule has 1 aliphatic carbocycles. The number of oxazole rings is 1. The number of halogens is 1. The Labute approximate surface area is 134 Å². The molecule has 23 heavy (non-hydrogen) atoms. The molecule has 0 fully saturated rings. The average molecular weight is 333 g/mol. The summed E-state index contributed by atoms with van der Waals surface area (Å²) in [5.74, 6) is 0.711. The highest BCUT2D eigenvalue weighted by atomic mass is 32.2. The predicted octanol–water partition coefficient (Wildman–Crippen LogP) is 3.57. The van der Waals surface area contributed by atoms with E-state index in [0.717, 1.165) is 5.56 Å². The van der Waals surface area contributed by atoms with Crippen LogP contribution in [0.15, 0.2) is 53.0 Å².